The first kappa shape index (κ1) is 25.3. The number of nitrogens with zero attached hydrogens (tertiary/aromatic N) is 1. The summed E-state index contributed by atoms with van der Waals surface area (Å²) in [6, 6.07) is 21.5. The van der Waals surface area contributed by atoms with Gasteiger partial charge in [-0.15, -0.1) is 11.8 Å². The van der Waals surface area contributed by atoms with Crippen molar-refractivity contribution in [3.8, 4) is 0 Å². The fourth-order valence-corrected chi connectivity index (χ4v) is 5.29. The van der Waals surface area contributed by atoms with Crippen molar-refractivity contribution < 1.29 is 19.5 Å². The Kier molecular flexibility index (Phi) is 7.95. The molecule has 7 nitrogen and oxygen atoms in total. The second-order valence-corrected chi connectivity index (χ2v) is 9.74. The third-order valence-corrected chi connectivity index (χ3v) is 7.34. The fourth-order valence-electron chi connectivity index (χ4n) is 4.27. The van der Waals surface area contributed by atoms with E-state index < -0.39 is 5.97 Å². The minimum Gasteiger partial charge on any atom is -0.481 e. The van der Waals surface area contributed by atoms with Gasteiger partial charge in [0.1, 0.15) is 0 Å². The first-order valence-electron chi connectivity index (χ1n) is 12.0. The zero-order chi connectivity index (χ0) is 25.7. The van der Waals surface area contributed by atoms with Gasteiger partial charge in [0, 0.05) is 51.0 Å². The molecule has 0 saturated heterocycles. The lowest BCUT2D eigenvalue weighted by Gasteiger charge is -2.16. The summed E-state index contributed by atoms with van der Waals surface area (Å²) in [5.74, 6) is -1.46. The Labute approximate surface area is 213 Å². The minimum absolute atomic E-state index is 0.0861. The summed E-state index contributed by atoms with van der Waals surface area (Å²) < 4.78 is 2.27. The van der Waals surface area contributed by atoms with E-state index in [9.17, 15) is 14.4 Å². The smallest absolute Gasteiger partial charge is 0.303 e. The van der Waals surface area contributed by atoms with E-state index in [4.69, 9.17) is 5.11 Å². The van der Waals surface area contributed by atoms with Crippen molar-refractivity contribution in [2.45, 2.75) is 49.8 Å². The van der Waals surface area contributed by atoms with Gasteiger partial charge in [-0.2, -0.15) is 0 Å². The number of carboxylic acid groups (broad SMARTS) is 1. The van der Waals surface area contributed by atoms with E-state index in [-0.39, 0.29) is 29.9 Å². The number of thioether (sulfide) groups is 1. The largest absolute Gasteiger partial charge is 0.481 e. The average molecular weight is 504 g/mol. The minimum atomic E-state index is -1.01. The number of aromatic nitrogens is 1. The number of aryl methyl sites for hydroxylation is 1. The van der Waals surface area contributed by atoms with Crippen LogP contribution in [0, 0.1) is 0 Å². The van der Waals surface area contributed by atoms with Crippen LogP contribution in [0.1, 0.15) is 33.1 Å². The maximum atomic E-state index is 13.2. The van der Waals surface area contributed by atoms with Gasteiger partial charge in [0.2, 0.25) is 11.8 Å². The summed E-state index contributed by atoms with van der Waals surface area (Å²) in [7, 11) is 0. The molecule has 3 aromatic carbocycles. The van der Waals surface area contributed by atoms with Crippen molar-refractivity contribution in [3.63, 3.8) is 0 Å². The summed E-state index contributed by atoms with van der Waals surface area (Å²) in [6.07, 6.45) is 0.320. The molecule has 1 unspecified atom stereocenters. The molecule has 3 N–H and O–H groups in total. The van der Waals surface area contributed by atoms with Gasteiger partial charge in [-0.3, -0.25) is 14.4 Å². The number of nitrogens with one attached hydrogen (secondary N) is 2. The van der Waals surface area contributed by atoms with Gasteiger partial charge in [-0.05, 0) is 55.8 Å². The standard InChI is InChI=1S/C28H29N3O4S/c1-3-25(36-20-9-7-8-18(16-20)29-26(32)14-15-27(33)34)28(35)30-19-12-13-24-22(17-19)21-10-5-6-11-23(21)31(24)4-2/h5-13,16-17,25H,3-4,14-15H2,1-2H3,(H,29,32)(H,30,35)(H,33,34). The highest BCUT2D eigenvalue weighted by Gasteiger charge is 2.19. The van der Waals surface area contributed by atoms with Crippen LogP contribution in [0.2, 0.25) is 0 Å². The van der Waals surface area contributed by atoms with Gasteiger partial charge < -0.3 is 20.3 Å². The molecular formula is C28H29N3O4S. The van der Waals surface area contributed by atoms with Crippen LogP contribution in [0.15, 0.2) is 71.6 Å². The number of hydrogen-bond acceptors (Lipinski definition) is 4. The van der Waals surface area contributed by atoms with Crippen LogP contribution in [0.3, 0.4) is 0 Å². The number of carboxylic acids is 1. The fraction of sp³-hybridized carbons (Fsp3) is 0.250. The molecule has 0 aliphatic rings. The highest BCUT2D eigenvalue weighted by Crippen LogP contribution is 2.32. The Hall–Kier alpha value is -3.78. The molecule has 0 spiro atoms. The number of amides is 2. The zero-order valence-corrected chi connectivity index (χ0v) is 21.1. The van der Waals surface area contributed by atoms with Crippen LogP contribution < -0.4 is 10.6 Å². The quantitative estimate of drug-likeness (QED) is 0.226. The average Bonchev–Trinajstić information content (AvgIpc) is 3.19. The molecule has 8 heteroatoms. The summed E-state index contributed by atoms with van der Waals surface area (Å²) in [5.41, 5.74) is 3.64. The van der Waals surface area contributed by atoms with Gasteiger partial charge in [0.15, 0.2) is 0 Å². The summed E-state index contributed by atoms with van der Waals surface area (Å²) in [4.78, 5) is 36.6. The first-order chi connectivity index (χ1) is 17.4. The maximum absolute atomic E-state index is 13.2. The summed E-state index contributed by atoms with van der Waals surface area (Å²) >= 11 is 1.43. The number of benzene rings is 3. The molecule has 36 heavy (non-hydrogen) atoms. The number of fused-ring (bicyclic) bond motifs is 3. The molecule has 1 heterocycles. The monoisotopic (exact) mass is 503 g/mol. The molecule has 0 bridgehead atoms. The Bertz CT molecular complexity index is 1430. The molecule has 0 radical (unpaired) electrons. The second-order valence-electron chi connectivity index (χ2n) is 8.47. The normalized spacial score (nSPS) is 11.9. The molecule has 1 atom stereocenters. The molecule has 1 aromatic heterocycles. The van der Waals surface area contributed by atoms with Crippen molar-refractivity contribution >= 4 is 62.7 Å². The Balaban J connectivity index is 1.47. The lowest BCUT2D eigenvalue weighted by Crippen LogP contribution is -2.24. The molecule has 4 aromatic rings. The van der Waals surface area contributed by atoms with E-state index in [1.54, 1.807) is 18.2 Å². The lowest BCUT2D eigenvalue weighted by atomic mass is 10.1. The molecule has 0 saturated carbocycles. The number of para-hydroxylation sites is 1. The van der Waals surface area contributed by atoms with Crippen molar-refractivity contribution in [2.75, 3.05) is 10.6 Å². The van der Waals surface area contributed by atoms with E-state index >= 15 is 0 Å². The molecule has 0 aliphatic carbocycles. The Morgan fingerprint density at radius 1 is 0.861 bits per heavy atom. The van der Waals surface area contributed by atoms with E-state index in [1.165, 1.54) is 17.3 Å². The van der Waals surface area contributed by atoms with Crippen molar-refractivity contribution in [3.05, 3.63) is 66.7 Å². The first-order valence-corrected chi connectivity index (χ1v) is 12.9. The number of hydrogen-bond donors (Lipinski definition) is 3. The van der Waals surface area contributed by atoms with Crippen LogP contribution in [-0.4, -0.2) is 32.7 Å². The SMILES string of the molecule is CCC(Sc1cccc(NC(=O)CCC(=O)O)c1)C(=O)Nc1ccc2c(c1)c1ccccc1n2CC. The number of carbonyl (C=O) groups excluding carboxylic acids is 2. The lowest BCUT2D eigenvalue weighted by molar-refractivity contribution is -0.138. The number of rotatable bonds is 10. The van der Waals surface area contributed by atoms with Crippen LogP contribution in [0.25, 0.3) is 21.8 Å². The topological polar surface area (TPSA) is 100 Å². The molecular weight excluding hydrogens is 474 g/mol. The Morgan fingerprint density at radius 3 is 2.36 bits per heavy atom. The van der Waals surface area contributed by atoms with Crippen LogP contribution >= 0.6 is 11.8 Å². The van der Waals surface area contributed by atoms with Crippen LogP contribution in [0.4, 0.5) is 11.4 Å². The van der Waals surface area contributed by atoms with Crippen molar-refractivity contribution in [2.24, 2.45) is 0 Å². The second kappa shape index (κ2) is 11.3. The number of anilines is 2. The molecule has 0 fully saturated rings. The number of aliphatic carboxylic acids is 1. The van der Waals surface area contributed by atoms with Crippen molar-refractivity contribution in [1.82, 2.24) is 4.57 Å². The molecule has 4 rings (SSSR count). The number of carbonyl (C=O) groups is 3. The van der Waals surface area contributed by atoms with Crippen LogP contribution in [0.5, 0.6) is 0 Å². The van der Waals surface area contributed by atoms with Crippen LogP contribution in [-0.2, 0) is 20.9 Å². The summed E-state index contributed by atoms with van der Waals surface area (Å²) in [5, 5.41) is 16.5. The molecule has 2 amide bonds. The van der Waals surface area contributed by atoms with Gasteiger partial charge in [-0.1, -0.05) is 31.2 Å². The van der Waals surface area contributed by atoms with Gasteiger partial charge in [0.25, 0.3) is 0 Å². The summed E-state index contributed by atoms with van der Waals surface area (Å²) in [6.45, 7) is 4.96. The van der Waals surface area contributed by atoms with E-state index in [1.807, 2.05) is 37.3 Å². The molecule has 186 valence electrons. The van der Waals surface area contributed by atoms with Gasteiger partial charge in [0.05, 0.1) is 11.7 Å². The highest BCUT2D eigenvalue weighted by molar-refractivity contribution is 8.00. The Morgan fingerprint density at radius 2 is 1.61 bits per heavy atom. The predicted octanol–water partition coefficient (Wildman–Crippen LogP) is 6.13. The third-order valence-electron chi connectivity index (χ3n) is 5.98. The van der Waals surface area contributed by atoms with Gasteiger partial charge in [-0.25, -0.2) is 0 Å². The van der Waals surface area contributed by atoms with Gasteiger partial charge >= 0.3 is 5.97 Å². The maximum Gasteiger partial charge on any atom is 0.303 e. The molecule has 0 aliphatic heterocycles. The zero-order valence-electron chi connectivity index (χ0n) is 20.3. The highest BCUT2D eigenvalue weighted by atomic mass is 32.2. The van der Waals surface area contributed by atoms with E-state index in [2.05, 4.69) is 40.3 Å². The predicted molar refractivity (Wildman–Crippen MR) is 146 cm³/mol. The van der Waals surface area contributed by atoms with E-state index in [0.29, 0.717) is 12.1 Å². The van der Waals surface area contributed by atoms with E-state index in [0.717, 1.165) is 33.4 Å². The van der Waals surface area contributed by atoms with Crippen molar-refractivity contribution in [1.29, 1.82) is 0 Å². The third kappa shape index (κ3) is 5.71.